The fourth-order valence-electron chi connectivity index (χ4n) is 2.36. The first-order valence-corrected chi connectivity index (χ1v) is 7.75. The standard InChI is InChI=1S/C17H20Cl2N2/c1-12(14-4-3-5-15(18)11-14)21(2)17-7-6-13(8-9-20)10-16(17)19/h3-7,10-12H,8-9,20H2,1-2H3. The van der Waals surface area contributed by atoms with Crippen molar-refractivity contribution in [1.82, 2.24) is 0 Å². The quantitative estimate of drug-likeness (QED) is 0.865. The second-order valence-electron chi connectivity index (χ2n) is 5.17. The van der Waals surface area contributed by atoms with Crippen LogP contribution in [0, 0.1) is 0 Å². The second kappa shape index (κ2) is 7.17. The van der Waals surface area contributed by atoms with Crippen molar-refractivity contribution < 1.29 is 0 Å². The number of benzene rings is 2. The van der Waals surface area contributed by atoms with Crippen molar-refractivity contribution in [2.75, 3.05) is 18.5 Å². The Balaban J connectivity index is 2.25. The van der Waals surface area contributed by atoms with Crippen LogP contribution in [0.1, 0.15) is 24.1 Å². The molecule has 0 radical (unpaired) electrons. The van der Waals surface area contributed by atoms with Gasteiger partial charge in [0.25, 0.3) is 0 Å². The van der Waals surface area contributed by atoms with Crippen LogP contribution in [0.5, 0.6) is 0 Å². The molecular formula is C17H20Cl2N2. The highest BCUT2D eigenvalue weighted by Gasteiger charge is 2.15. The Morgan fingerprint density at radius 2 is 1.90 bits per heavy atom. The zero-order valence-corrected chi connectivity index (χ0v) is 13.8. The van der Waals surface area contributed by atoms with Crippen LogP contribution in [0.3, 0.4) is 0 Å². The number of halogens is 2. The fourth-order valence-corrected chi connectivity index (χ4v) is 2.89. The average molecular weight is 323 g/mol. The molecule has 0 saturated carbocycles. The molecular weight excluding hydrogens is 303 g/mol. The molecule has 0 heterocycles. The first kappa shape index (κ1) is 16.2. The van der Waals surface area contributed by atoms with Crippen LogP contribution in [0.4, 0.5) is 5.69 Å². The van der Waals surface area contributed by atoms with Gasteiger partial charge in [-0.2, -0.15) is 0 Å². The summed E-state index contributed by atoms with van der Waals surface area (Å²) in [6.45, 7) is 2.76. The lowest BCUT2D eigenvalue weighted by Crippen LogP contribution is -2.22. The van der Waals surface area contributed by atoms with Gasteiger partial charge in [-0.05, 0) is 55.3 Å². The summed E-state index contributed by atoms with van der Waals surface area (Å²) >= 11 is 12.5. The summed E-state index contributed by atoms with van der Waals surface area (Å²) in [5, 5.41) is 1.49. The highest BCUT2D eigenvalue weighted by Crippen LogP contribution is 2.32. The first-order valence-electron chi connectivity index (χ1n) is 6.99. The molecule has 0 aliphatic rings. The smallest absolute Gasteiger partial charge is 0.0642 e. The summed E-state index contributed by atoms with van der Waals surface area (Å²) in [4.78, 5) is 2.15. The van der Waals surface area contributed by atoms with Gasteiger partial charge in [-0.15, -0.1) is 0 Å². The van der Waals surface area contributed by atoms with Gasteiger partial charge in [0.1, 0.15) is 0 Å². The topological polar surface area (TPSA) is 29.3 Å². The van der Waals surface area contributed by atoms with Crippen molar-refractivity contribution in [1.29, 1.82) is 0 Å². The molecule has 0 aromatic heterocycles. The fraction of sp³-hybridized carbons (Fsp3) is 0.294. The third-order valence-electron chi connectivity index (χ3n) is 3.74. The Hall–Kier alpha value is -1.22. The van der Waals surface area contributed by atoms with E-state index in [4.69, 9.17) is 28.9 Å². The molecule has 0 aliphatic carbocycles. The van der Waals surface area contributed by atoms with Gasteiger partial charge in [0.05, 0.1) is 16.8 Å². The van der Waals surface area contributed by atoms with E-state index in [-0.39, 0.29) is 6.04 Å². The lowest BCUT2D eigenvalue weighted by molar-refractivity contribution is 0.740. The van der Waals surface area contributed by atoms with Gasteiger partial charge in [-0.1, -0.05) is 41.4 Å². The molecule has 2 aromatic rings. The maximum Gasteiger partial charge on any atom is 0.0642 e. The Labute approximate surface area is 136 Å². The molecule has 0 aliphatic heterocycles. The van der Waals surface area contributed by atoms with Gasteiger partial charge >= 0.3 is 0 Å². The van der Waals surface area contributed by atoms with Crippen LogP contribution >= 0.6 is 23.2 Å². The molecule has 4 heteroatoms. The molecule has 112 valence electrons. The molecule has 2 aromatic carbocycles. The Morgan fingerprint density at radius 3 is 2.52 bits per heavy atom. The number of hydrogen-bond donors (Lipinski definition) is 1. The van der Waals surface area contributed by atoms with E-state index >= 15 is 0 Å². The Bertz CT molecular complexity index is 613. The Morgan fingerprint density at radius 1 is 1.14 bits per heavy atom. The van der Waals surface area contributed by atoms with E-state index < -0.39 is 0 Å². The third kappa shape index (κ3) is 3.91. The minimum absolute atomic E-state index is 0.182. The molecule has 0 spiro atoms. The molecule has 0 bridgehead atoms. The van der Waals surface area contributed by atoms with Gasteiger partial charge < -0.3 is 10.6 Å². The van der Waals surface area contributed by atoms with Gasteiger partial charge in [0.2, 0.25) is 0 Å². The zero-order valence-electron chi connectivity index (χ0n) is 12.3. The summed E-state index contributed by atoms with van der Waals surface area (Å²) < 4.78 is 0. The van der Waals surface area contributed by atoms with Gasteiger partial charge in [-0.25, -0.2) is 0 Å². The van der Waals surface area contributed by atoms with E-state index in [1.54, 1.807) is 0 Å². The van der Waals surface area contributed by atoms with Crippen molar-refractivity contribution in [2.45, 2.75) is 19.4 Å². The van der Waals surface area contributed by atoms with Crippen LogP contribution in [-0.4, -0.2) is 13.6 Å². The van der Waals surface area contributed by atoms with Crippen molar-refractivity contribution in [3.8, 4) is 0 Å². The molecule has 21 heavy (non-hydrogen) atoms. The lowest BCUT2D eigenvalue weighted by Gasteiger charge is -2.28. The summed E-state index contributed by atoms with van der Waals surface area (Å²) in [5.41, 5.74) is 8.91. The maximum absolute atomic E-state index is 6.41. The molecule has 2 rings (SSSR count). The average Bonchev–Trinajstić information content (AvgIpc) is 2.46. The summed E-state index contributed by atoms with van der Waals surface area (Å²) in [6.07, 6.45) is 0.841. The monoisotopic (exact) mass is 322 g/mol. The van der Waals surface area contributed by atoms with Crippen molar-refractivity contribution in [3.05, 3.63) is 63.6 Å². The van der Waals surface area contributed by atoms with Crippen LogP contribution in [0.15, 0.2) is 42.5 Å². The van der Waals surface area contributed by atoms with Crippen molar-refractivity contribution >= 4 is 28.9 Å². The number of anilines is 1. The van der Waals surface area contributed by atoms with Crippen LogP contribution in [0.25, 0.3) is 0 Å². The molecule has 1 atom stereocenters. The SMILES string of the molecule is CC(c1cccc(Cl)c1)N(C)c1ccc(CCN)cc1Cl. The van der Waals surface area contributed by atoms with Crippen LogP contribution < -0.4 is 10.6 Å². The minimum atomic E-state index is 0.182. The van der Waals surface area contributed by atoms with Crippen molar-refractivity contribution in [2.24, 2.45) is 5.73 Å². The molecule has 2 N–H and O–H groups in total. The molecule has 1 unspecified atom stereocenters. The lowest BCUT2D eigenvalue weighted by atomic mass is 10.1. The highest BCUT2D eigenvalue weighted by molar-refractivity contribution is 6.33. The highest BCUT2D eigenvalue weighted by atomic mass is 35.5. The third-order valence-corrected chi connectivity index (χ3v) is 4.27. The van der Waals surface area contributed by atoms with E-state index in [9.17, 15) is 0 Å². The Kier molecular flexibility index (Phi) is 5.51. The summed E-state index contributed by atoms with van der Waals surface area (Å²) in [7, 11) is 2.04. The summed E-state index contributed by atoms with van der Waals surface area (Å²) in [5.74, 6) is 0. The van der Waals surface area contributed by atoms with E-state index in [0.29, 0.717) is 6.54 Å². The number of rotatable bonds is 5. The van der Waals surface area contributed by atoms with E-state index in [1.165, 1.54) is 0 Å². The van der Waals surface area contributed by atoms with Gasteiger partial charge in [0, 0.05) is 12.1 Å². The molecule has 2 nitrogen and oxygen atoms in total. The van der Waals surface area contributed by atoms with Crippen molar-refractivity contribution in [3.63, 3.8) is 0 Å². The maximum atomic E-state index is 6.41. The normalized spacial score (nSPS) is 12.2. The molecule has 0 amide bonds. The van der Waals surface area contributed by atoms with E-state index in [2.05, 4.69) is 24.0 Å². The largest absolute Gasteiger partial charge is 0.367 e. The van der Waals surface area contributed by atoms with Crippen LogP contribution in [0.2, 0.25) is 10.0 Å². The second-order valence-corrected chi connectivity index (χ2v) is 6.01. The number of hydrogen-bond acceptors (Lipinski definition) is 2. The molecule has 0 saturated heterocycles. The first-order chi connectivity index (χ1) is 10.0. The van der Waals surface area contributed by atoms with Gasteiger partial charge in [-0.3, -0.25) is 0 Å². The minimum Gasteiger partial charge on any atom is -0.367 e. The number of nitrogens with zero attached hydrogens (tertiary/aromatic N) is 1. The zero-order chi connectivity index (χ0) is 15.4. The summed E-state index contributed by atoms with van der Waals surface area (Å²) in [6, 6.07) is 14.2. The number of nitrogens with two attached hydrogens (primary N) is 1. The van der Waals surface area contributed by atoms with E-state index in [1.807, 2.05) is 37.4 Å². The van der Waals surface area contributed by atoms with E-state index in [0.717, 1.165) is 33.3 Å². The predicted octanol–water partition coefficient (Wildman–Crippen LogP) is 4.69. The molecule has 0 fully saturated rings. The van der Waals surface area contributed by atoms with Crippen LogP contribution in [-0.2, 0) is 6.42 Å². The van der Waals surface area contributed by atoms with Gasteiger partial charge in [0.15, 0.2) is 0 Å². The predicted molar refractivity (Wildman–Crippen MR) is 92.5 cm³/mol.